The first-order valence-electron chi connectivity index (χ1n) is 11.4. The molecule has 0 heterocycles. The van der Waals surface area contributed by atoms with E-state index in [-0.39, 0.29) is 11.6 Å². The van der Waals surface area contributed by atoms with Crippen molar-refractivity contribution in [2.24, 2.45) is 0 Å². The summed E-state index contributed by atoms with van der Waals surface area (Å²) in [4.78, 5) is 11.4. The number of amides is 2. The molecule has 0 aromatic rings. The summed E-state index contributed by atoms with van der Waals surface area (Å²) in [5.41, 5.74) is 0. The molecule has 0 unspecified atom stereocenters. The summed E-state index contributed by atoms with van der Waals surface area (Å²) in [5, 5.41) is 2.57. The molecule has 0 bridgehead atoms. The second-order valence-electron chi connectivity index (χ2n) is 7.67. The quantitative estimate of drug-likeness (QED) is 0.177. The van der Waals surface area contributed by atoms with E-state index in [1.807, 2.05) is 4.72 Å². The fraction of sp³-hybridized carbons (Fsp3) is 0.952. The second-order valence-corrected chi connectivity index (χ2v) is 9.89. The van der Waals surface area contributed by atoms with Gasteiger partial charge in [0.15, 0.2) is 0 Å². The molecule has 0 fully saturated rings. The monoisotopic (exact) mass is 438 g/mol. The van der Waals surface area contributed by atoms with E-state index >= 15 is 0 Å². The van der Waals surface area contributed by atoms with Gasteiger partial charge in [0.1, 0.15) is 0 Å². The predicted molar refractivity (Wildman–Crippen MR) is 121 cm³/mol. The zero-order valence-corrected chi connectivity index (χ0v) is 19.5. The number of nitrogens with one attached hydrogen (secondary N) is 2. The maximum Gasteiger partial charge on any atom is 0.328 e. The molecule has 2 N–H and O–H groups in total. The number of hydrogen-bond acceptors (Lipinski definition) is 3. The summed E-state index contributed by atoms with van der Waals surface area (Å²) in [6.07, 6.45) is 20.9. The van der Waals surface area contributed by atoms with Gasteiger partial charge in [-0.25, -0.2) is 17.9 Å². The highest BCUT2D eigenvalue weighted by molar-refractivity contribution is 7.90. The van der Waals surface area contributed by atoms with Gasteiger partial charge in [0.2, 0.25) is 10.0 Å². The maximum absolute atomic E-state index is 11.4. The molecule has 0 aliphatic rings. The molecule has 5 nitrogen and oxygen atoms in total. The van der Waals surface area contributed by atoms with Crippen molar-refractivity contribution in [3.8, 4) is 0 Å². The number of unbranched alkanes of at least 4 members (excludes halogenated alkanes) is 15. The Morgan fingerprint density at radius 3 is 1.50 bits per heavy atom. The van der Waals surface area contributed by atoms with Gasteiger partial charge in [-0.2, -0.15) is 0 Å². The molecular weight excluding hydrogens is 396 g/mol. The van der Waals surface area contributed by atoms with Crippen LogP contribution in [0.1, 0.15) is 110 Å². The van der Waals surface area contributed by atoms with E-state index in [9.17, 15) is 13.2 Å². The van der Waals surface area contributed by atoms with Gasteiger partial charge in [-0.3, -0.25) is 0 Å². The van der Waals surface area contributed by atoms with Crippen LogP contribution in [-0.2, 0) is 10.0 Å². The summed E-state index contributed by atoms with van der Waals surface area (Å²) < 4.78 is 24.7. The van der Waals surface area contributed by atoms with Crippen molar-refractivity contribution >= 4 is 27.7 Å². The number of halogens is 1. The first-order valence-corrected chi connectivity index (χ1v) is 13.5. The van der Waals surface area contributed by atoms with Crippen LogP contribution in [0.3, 0.4) is 0 Å². The molecule has 0 atom stereocenters. The minimum absolute atomic E-state index is 0.0261. The highest BCUT2D eigenvalue weighted by Gasteiger charge is 2.12. The van der Waals surface area contributed by atoms with Crippen molar-refractivity contribution in [1.29, 1.82) is 0 Å². The van der Waals surface area contributed by atoms with Crippen LogP contribution >= 0.6 is 11.6 Å². The third kappa shape index (κ3) is 20.2. The van der Waals surface area contributed by atoms with E-state index < -0.39 is 16.1 Å². The first-order chi connectivity index (χ1) is 13.5. The average molecular weight is 439 g/mol. The van der Waals surface area contributed by atoms with Gasteiger partial charge in [-0.15, -0.1) is 11.6 Å². The Labute approximate surface area is 178 Å². The largest absolute Gasteiger partial charge is 0.337 e. The Bertz CT molecular complexity index is 459. The normalized spacial score (nSPS) is 11.5. The van der Waals surface area contributed by atoms with E-state index in [1.165, 1.54) is 89.9 Å². The maximum atomic E-state index is 11.4. The van der Waals surface area contributed by atoms with E-state index in [0.717, 1.165) is 12.8 Å². The van der Waals surface area contributed by atoms with Gasteiger partial charge < -0.3 is 5.32 Å². The van der Waals surface area contributed by atoms with Gasteiger partial charge in [-0.05, 0) is 6.42 Å². The zero-order valence-electron chi connectivity index (χ0n) is 17.9. The molecular formula is C21H43ClN2O3S. The van der Waals surface area contributed by atoms with Crippen molar-refractivity contribution < 1.29 is 13.2 Å². The van der Waals surface area contributed by atoms with Gasteiger partial charge >= 0.3 is 6.03 Å². The SMILES string of the molecule is CCCCCCCCCCCCCCCCCCNC(=O)NS(=O)(=O)CCCl. The molecule has 0 radical (unpaired) electrons. The van der Waals surface area contributed by atoms with Crippen LogP contribution in [0.2, 0.25) is 0 Å². The van der Waals surface area contributed by atoms with E-state index in [0.29, 0.717) is 6.54 Å². The van der Waals surface area contributed by atoms with Gasteiger partial charge in [0.25, 0.3) is 0 Å². The summed E-state index contributed by atoms with van der Waals surface area (Å²) in [6.45, 7) is 2.76. The van der Waals surface area contributed by atoms with Crippen molar-refractivity contribution in [1.82, 2.24) is 10.0 Å². The Morgan fingerprint density at radius 1 is 0.714 bits per heavy atom. The number of alkyl halides is 1. The number of rotatable bonds is 20. The first kappa shape index (κ1) is 27.5. The Balaban J connectivity index is 3.25. The van der Waals surface area contributed by atoms with E-state index in [4.69, 9.17) is 11.6 Å². The van der Waals surface area contributed by atoms with Gasteiger partial charge in [-0.1, -0.05) is 103 Å². The number of urea groups is 1. The molecule has 168 valence electrons. The topological polar surface area (TPSA) is 75.3 Å². The molecule has 0 aromatic carbocycles. The van der Waals surface area contributed by atoms with Crippen LogP contribution < -0.4 is 10.0 Å². The Hall–Kier alpha value is -0.490. The molecule has 2 amide bonds. The lowest BCUT2D eigenvalue weighted by Gasteiger charge is -2.07. The molecule has 0 saturated carbocycles. The van der Waals surface area contributed by atoms with Crippen molar-refractivity contribution in [2.45, 2.75) is 110 Å². The van der Waals surface area contributed by atoms with Crippen LogP contribution in [-0.4, -0.2) is 32.6 Å². The van der Waals surface area contributed by atoms with Crippen LogP contribution in [0, 0.1) is 0 Å². The van der Waals surface area contributed by atoms with Crippen LogP contribution in [0.15, 0.2) is 0 Å². The minimum atomic E-state index is -3.60. The lowest BCUT2D eigenvalue weighted by atomic mass is 10.0. The molecule has 0 aliphatic carbocycles. The molecule has 0 saturated heterocycles. The highest BCUT2D eigenvalue weighted by Crippen LogP contribution is 2.13. The third-order valence-corrected chi connectivity index (χ3v) is 6.56. The summed E-state index contributed by atoms with van der Waals surface area (Å²) in [7, 11) is -3.60. The summed E-state index contributed by atoms with van der Waals surface area (Å²) in [5.74, 6) is -0.275. The third-order valence-electron chi connectivity index (χ3n) is 4.91. The lowest BCUT2D eigenvalue weighted by molar-refractivity contribution is 0.245. The highest BCUT2D eigenvalue weighted by atomic mass is 35.5. The molecule has 28 heavy (non-hydrogen) atoms. The number of carbonyl (C=O) groups is 1. The van der Waals surface area contributed by atoms with E-state index in [2.05, 4.69) is 12.2 Å². The molecule has 0 spiro atoms. The zero-order chi connectivity index (χ0) is 20.9. The molecule has 0 aliphatic heterocycles. The molecule has 0 aromatic heterocycles. The number of carbonyl (C=O) groups excluding carboxylic acids is 1. The van der Waals surface area contributed by atoms with Crippen molar-refractivity contribution in [2.75, 3.05) is 18.2 Å². The molecule has 0 rings (SSSR count). The lowest BCUT2D eigenvalue weighted by Crippen LogP contribution is -2.41. The standard InChI is InChI=1S/C21H43ClN2O3S/c1-2-3-4-5-6-7-8-9-10-11-12-13-14-15-16-17-19-23-21(25)24-28(26,27)20-18-22/h2-20H2,1H3,(H2,23,24,25). The van der Waals surface area contributed by atoms with Crippen LogP contribution in [0.25, 0.3) is 0 Å². The van der Waals surface area contributed by atoms with E-state index in [1.54, 1.807) is 0 Å². The molecule has 7 heteroatoms. The van der Waals surface area contributed by atoms with Gasteiger partial charge in [0.05, 0.1) is 5.75 Å². The van der Waals surface area contributed by atoms with Crippen molar-refractivity contribution in [3.63, 3.8) is 0 Å². The Morgan fingerprint density at radius 2 is 1.11 bits per heavy atom. The second kappa shape index (κ2) is 19.8. The van der Waals surface area contributed by atoms with Crippen LogP contribution in [0.5, 0.6) is 0 Å². The fourth-order valence-corrected chi connectivity index (χ4v) is 4.47. The van der Waals surface area contributed by atoms with Crippen molar-refractivity contribution in [3.05, 3.63) is 0 Å². The van der Waals surface area contributed by atoms with Gasteiger partial charge in [0, 0.05) is 12.4 Å². The van der Waals surface area contributed by atoms with Crippen LogP contribution in [0.4, 0.5) is 4.79 Å². The average Bonchev–Trinajstić information content (AvgIpc) is 2.63. The number of sulfonamides is 1. The minimum Gasteiger partial charge on any atom is -0.337 e. The summed E-state index contributed by atoms with van der Waals surface area (Å²) >= 11 is 5.37. The fourth-order valence-electron chi connectivity index (χ4n) is 3.20. The smallest absolute Gasteiger partial charge is 0.328 e. The Kier molecular flexibility index (Phi) is 19.5. The predicted octanol–water partition coefficient (Wildman–Crippen LogP) is 6.12. The number of hydrogen-bond donors (Lipinski definition) is 2. The summed E-state index contributed by atoms with van der Waals surface area (Å²) in [6, 6.07) is -0.661.